The third kappa shape index (κ3) is 6.30. The molecule has 0 aromatic heterocycles. The third-order valence-electron chi connectivity index (χ3n) is 5.57. The minimum absolute atomic E-state index is 0.0898. The van der Waals surface area contributed by atoms with E-state index in [9.17, 15) is 4.79 Å². The quantitative estimate of drug-likeness (QED) is 0.408. The minimum atomic E-state index is -0.0898. The van der Waals surface area contributed by atoms with E-state index >= 15 is 0 Å². The highest BCUT2D eigenvalue weighted by atomic mass is 16.5. The molecule has 0 N–H and O–H groups in total. The second kappa shape index (κ2) is 10.5. The fourth-order valence-corrected chi connectivity index (χ4v) is 4.03. The Morgan fingerprint density at radius 3 is 2.38 bits per heavy atom. The number of unbranched alkanes of at least 4 members (excludes halogenated alkanes) is 2. The number of hydrogen-bond acceptors (Lipinski definition) is 2. The van der Waals surface area contributed by atoms with Gasteiger partial charge in [-0.2, -0.15) is 0 Å². The standard InChI is InChI=1S/C22H34O2/c1-3-7-18-10-14-20(15-11-18)21-16-12-19(13-17-21)8-5-4-6-9-22(23)24-2/h12-13,16-18,20H,3-11,14-15H2,1-2H3. The van der Waals surface area contributed by atoms with E-state index in [4.69, 9.17) is 0 Å². The molecule has 1 aromatic rings. The molecule has 1 aliphatic carbocycles. The second-order valence-corrected chi connectivity index (χ2v) is 7.38. The monoisotopic (exact) mass is 330 g/mol. The summed E-state index contributed by atoms with van der Waals surface area (Å²) in [4.78, 5) is 11.1. The molecule has 1 fully saturated rings. The average Bonchev–Trinajstić information content (AvgIpc) is 2.63. The Morgan fingerprint density at radius 1 is 1.04 bits per heavy atom. The molecule has 2 nitrogen and oxygen atoms in total. The van der Waals surface area contributed by atoms with E-state index in [-0.39, 0.29) is 5.97 Å². The summed E-state index contributed by atoms with van der Waals surface area (Å²) >= 11 is 0. The highest BCUT2D eigenvalue weighted by Gasteiger charge is 2.21. The van der Waals surface area contributed by atoms with Gasteiger partial charge in [0.2, 0.25) is 0 Å². The van der Waals surface area contributed by atoms with Crippen molar-refractivity contribution in [2.75, 3.05) is 7.11 Å². The van der Waals surface area contributed by atoms with Crippen LogP contribution < -0.4 is 0 Å². The predicted molar refractivity (Wildman–Crippen MR) is 100 cm³/mol. The number of aryl methyl sites for hydroxylation is 1. The summed E-state index contributed by atoms with van der Waals surface area (Å²) in [7, 11) is 1.46. The maximum atomic E-state index is 11.1. The normalized spacial score (nSPS) is 20.8. The molecule has 1 aromatic carbocycles. The number of carbonyl (C=O) groups is 1. The molecule has 134 valence electrons. The Bertz CT molecular complexity index is 469. The van der Waals surface area contributed by atoms with Crippen molar-refractivity contribution in [2.24, 2.45) is 5.92 Å². The van der Waals surface area contributed by atoms with E-state index in [1.807, 2.05) is 0 Å². The zero-order valence-corrected chi connectivity index (χ0v) is 15.6. The van der Waals surface area contributed by atoms with Crippen molar-refractivity contribution in [3.05, 3.63) is 35.4 Å². The highest BCUT2D eigenvalue weighted by Crippen LogP contribution is 2.37. The lowest BCUT2D eigenvalue weighted by Gasteiger charge is -2.28. The molecule has 1 saturated carbocycles. The van der Waals surface area contributed by atoms with E-state index in [1.54, 1.807) is 5.56 Å². The maximum Gasteiger partial charge on any atom is 0.305 e. The van der Waals surface area contributed by atoms with Gasteiger partial charge in [0.05, 0.1) is 7.11 Å². The van der Waals surface area contributed by atoms with Crippen LogP contribution in [0, 0.1) is 5.92 Å². The Balaban J connectivity index is 1.68. The molecule has 1 aliphatic rings. The molecular formula is C22H34O2. The van der Waals surface area contributed by atoms with E-state index in [2.05, 4.69) is 35.9 Å². The number of esters is 1. The van der Waals surface area contributed by atoms with E-state index in [0.29, 0.717) is 6.42 Å². The summed E-state index contributed by atoms with van der Waals surface area (Å²) < 4.78 is 4.67. The summed E-state index contributed by atoms with van der Waals surface area (Å²) in [6, 6.07) is 9.34. The lowest BCUT2D eigenvalue weighted by Crippen LogP contribution is -2.13. The molecule has 0 aliphatic heterocycles. The number of carbonyl (C=O) groups excluding carboxylic acids is 1. The summed E-state index contributed by atoms with van der Waals surface area (Å²) in [5.41, 5.74) is 2.97. The number of hydrogen-bond donors (Lipinski definition) is 0. The van der Waals surface area contributed by atoms with Crippen LogP contribution >= 0.6 is 0 Å². The average molecular weight is 331 g/mol. The molecular weight excluding hydrogens is 296 g/mol. The van der Waals surface area contributed by atoms with Gasteiger partial charge in [0.25, 0.3) is 0 Å². The van der Waals surface area contributed by atoms with Gasteiger partial charge in [0.1, 0.15) is 0 Å². The zero-order valence-electron chi connectivity index (χ0n) is 15.6. The molecule has 0 atom stereocenters. The third-order valence-corrected chi connectivity index (χ3v) is 5.57. The molecule has 0 bridgehead atoms. The van der Waals surface area contributed by atoms with Crippen LogP contribution in [-0.2, 0) is 16.0 Å². The molecule has 2 rings (SSSR count). The van der Waals surface area contributed by atoms with Gasteiger partial charge in [-0.25, -0.2) is 0 Å². The van der Waals surface area contributed by atoms with Crippen molar-refractivity contribution < 1.29 is 9.53 Å². The first-order valence-electron chi connectivity index (χ1n) is 9.88. The van der Waals surface area contributed by atoms with Crippen LogP contribution in [0.3, 0.4) is 0 Å². The van der Waals surface area contributed by atoms with Crippen molar-refractivity contribution in [1.82, 2.24) is 0 Å². The lowest BCUT2D eigenvalue weighted by atomic mass is 9.77. The van der Waals surface area contributed by atoms with Crippen molar-refractivity contribution in [2.45, 2.75) is 83.5 Å². The van der Waals surface area contributed by atoms with Gasteiger partial charge < -0.3 is 4.74 Å². The molecule has 24 heavy (non-hydrogen) atoms. The van der Waals surface area contributed by atoms with Crippen molar-refractivity contribution in [3.8, 4) is 0 Å². The molecule has 2 heteroatoms. The fraction of sp³-hybridized carbons (Fsp3) is 0.682. The highest BCUT2D eigenvalue weighted by molar-refractivity contribution is 5.68. The van der Waals surface area contributed by atoms with Crippen LogP contribution in [0.5, 0.6) is 0 Å². The van der Waals surface area contributed by atoms with Gasteiger partial charge in [0.15, 0.2) is 0 Å². The number of benzene rings is 1. The summed E-state index contributed by atoms with van der Waals surface area (Å²) in [5, 5.41) is 0. The van der Waals surface area contributed by atoms with Crippen molar-refractivity contribution in [3.63, 3.8) is 0 Å². The number of rotatable bonds is 9. The number of methoxy groups -OCH3 is 1. The molecule has 0 amide bonds. The van der Waals surface area contributed by atoms with Crippen LogP contribution in [-0.4, -0.2) is 13.1 Å². The Hall–Kier alpha value is -1.31. The lowest BCUT2D eigenvalue weighted by molar-refractivity contribution is -0.140. The predicted octanol–water partition coefficient (Wildman–Crippen LogP) is 6.04. The first-order valence-corrected chi connectivity index (χ1v) is 9.88. The van der Waals surface area contributed by atoms with Gasteiger partial charge in [-0.15, -0.1) is 0 Å². The summed E-state index contributed by atoms with van der Waals surface area (Å²) in [5.74, 6) is 1.68. The van der Waals surface area contributed by atoms with Gasteiger partial charge in [-0.1, -0.05) is 50.5 Å². The van der Waals surface area contributed by atoms with Gasteiger partial charge in [0, 0.05) is 6.42 Å². The van der Waals surface area contributed by atoms with Gasteiger partial charge >= 0.3 is 5.97 Å². The first-order chi connectivity index (χ1) is 11.7. The zero-order chi connectivity index (χ0) is 17.2. The summed E-state index contributed by atoms with van der Waals surface area (Å²) in [6.45, 7) is 2.31. The van der Waals surface area contributed by atoms with Crippen LogP contribution in [0.2, 0.25) is 0 Å². The van der Waals surface area contributed by atoms with Gasteiger partial charge in [-0.3, -0.25) is 4.79 Å². The van der Waals surface area contributed by atoms with Crippen LogP contribution in [0.15, 0.2) is 24.3 Å². The summed E-state index contributed by atoms with van der Waals surface area (Å²) in [6.07, 6.45) is 13.2. The topological polar surface area (TPSA) is 26.3 Å². The second-order valence-electron chi connectivity index (χ2n) is 7.38. The molecule has 0 heterocycles. The maximum absolute atomic E-state index is 11.1. The van der Waals surface area contributed by atoms with E-state index < -0.39 is 0 Å². The van der Waals surface area contributed by atoms with Gasteiger partial charge in [-0.05, 0) is 67.9 Å². The first kappa shape index (κ1) is 19.0. The number of ether oxygens (including phenoxy) is 1. The smallest absolute Gasteiger partial charge is 0.305 e. The van der Waals surface area contributed by atoms with Crippen molar-refractivity contribution >= 4 is 5.97 Å². The molecule has 0 unspecified atom stereocenters. The Labute approximate surface area is 148 Å². The fourth-order valence-electron chi connectivity index (χ4n) is 4.03. The molecule has 0 saturated heterocycles. The van der Waals surface area contributed by atoms with Crippen LogP contribution in [0.25, 0.3) is 0 Å². The van der Waals surface area contributed by atoms with Crippen LogP contribution in [0.4, 0.5) is 0 Å². The van der Waals surface area contributed by atoms with Crippen LogP contribution in [0.1, 0.15) is 88.2 Å². The molecule has 0 spiro atoms. The van der Waals surface area contributed by atoms with Crippen molar-refractivity contribution in [1.29, 1.82) is 0 Å². The SMILES string of the molecule is CCCC1CCC(c2ccc(CCCCCC(=O)OC)cc2)CC1. The minimum Gasteiger partial charge on any atom is -0.469 e. The van der Waals surface area contributed by atoms with E-state index in [1.165, 1.54) is 51.2 Å². The molecule has 0 radical (unpaired) electrons. The van der Waals surface area contributed by atoms with E-state index in [0.717, 1.165) is 37.5 Å². The largest absolute Gasteiger partial charge is 0.469 e. The Morgan fingerprint density at radius 2 is 1.75 bits per heavy atom. The Kier molecular flexibility index (Phi) is 8.35.